The molecule has 4 nitrogen and oxygen atoms in total. The Kier molecular flexibility index (Phi) is 5.93. The van der Waals surface area contributed by atoms with Gasteiger partial charge in [-0.25, -0.2) is 8.42 Å². The zero-order valence-electron chi connectivity index (χ0n) is 7.75. The van der Waals surface area contributed by atoms with Gasteiger partial charge >= 0.3 is 0 Å². The predicted molar refractivity (Wildman–Crippen MR) is 64.5 cm³/mol. The van der Waals surface area contributed by atoms with Crippen LogP contribution in [0.3, 0.4) is 0 Å². The molecule has 2 N–H and O–H groups in total. The Morgan fingerprint density at radius 1 is 1.21 bits per heavy atom. The molecule has 0 amide bonds. The van der Waals surface area contributed by atoms with E-state index in [1.807, 2.05) is 6.92 Å². The molecule has 0 spiro atoms. The normalized spacial score (nSPS) is 22.2. The van der Waals surface area contributed by atoms with Crippen molar-refractivity contribution in [3.8, 4) is 0 Å². The van der Waals surface area contributed by atoms with Crippen molar-refractivity contribution in [2.45, 2.75) is 31.4 Å². The summed E-state index contributed by atoms with van der Waals surface area (Å²) in [6.45, 7) is 1.86. The topological polar surface area (TPSA) is 74.6 Å². The van der Waals surface area contributed by atoms with Gasteiger partial charge in [-0.2, -0.15) is 0 Å². The van der Waals surface area contributed by atoms with E-state index in [9.17, 15) is 8.42 Å². The van der Waals surface area contributed by atoms with Crippen LogP contribution in [0.2, 0.25) is 0 Å². The Bertz CT molecular complexity index is 355. The van der Waals surface area contributed by atoms with Gasteiger partial charge in [0.05, 0.1) is 11.0 Å². The highest BCUT2D eigenvalue weighted by Crippen LogP contribution is 2.12. The fourth-order valence-corrected chi connectivity index (χ4v) is 3.59. The molecule has 0 aromatic carbocycles. The maximum Gasteiger partial charge on any atom is 0.144 e. The first kappa shape index (κ1) is 14.7. The van der Waals surface area contributed by atoms with Crippen LogP contribution in [0.5, 0.6) is 0 Å². The molecule has 0 aliphatic carbocycles. The second-order valence-corrected chi connectivity index (χ2v) is 9.26. The van der Waals surface area contributed by atoms with Gasteiger partial charge in [-0.05, 0) is 12.8 Å². The van der Waals surface area contributed by atoms with Crippen LogP contribution in [0, 0.1) is 0 Å². The van der Waals surface area contributed by atoms with Crippen molar-refractivity contribution in [3.05, 3.63) is 0 Å². The van der Waals surface area contributed by atoms with Crippen LogP contribution in [-0.4, -0.2) is 28.5 Å². The lowest BCUT2D eigenvalue weighted by atomic mass is 10.2. The fourth-order valence-electron chi connectivity index (χ4n) is 1.04. The number of rotatable bonds is 6. The molecule has 0 rings (SSSR count). The molecule has 14 heavy (non-hydrogen) atoms. The van der Waals surface area contributed by atoms with Crippen LogP contribution in [-0.2, 0) is 39.9 Å². The summed E-state index contributed by atoms with van der Waals surface area (Å²) in [5.74, 6) is -0.152. The van der Waals surface area contributed by atoms with Gasteiger partial charge in [0.2, 0.25) is 0 Å². The Morgan fingerprint density at radius 2 is 1.71 bits per heavy atom. The van der Waals surface area contributed by atoms with Crippen molar-refractivity contribution < 1.29 is 17.5 Å². The third kappa shape index (κ3) is 7.02. The molecule has 0 saturated carbocycles. The van der Waals surface area contributed by atoms with Crippen LogP contribution < -0.4 is 0 Å². The van der Waals surface area contributed by atoms with Crippen LogP contribution >= 0.6 is 0 Å². The van der Waals surface area contributed by atoms with E-state index in [2.05, 4.69) is 22.4 Å². The number of hydrogen-bond acceptors (Lipinski definition) is 4. The van der Waals surface area contributed by atoms with E-state index < -0.39 is 22.8 Å². The smallest absolute Gasteiger partial charge is 0.144 e. The Morgan fingerprint density at radius 3 is 2.00 bits per heavy atom. The lowest BCUT2D eigenvalue weighted by Gasteiger charge is -2.14. The van der Waals surface area contributed by atoms with Gasteiger partial charge in [0.25, 0.3) is 0 Å². The lowest BCUT2D eigenvalue weighted by molar-refractivity contribution is 0.526. The lowest BCUT2D eigenvalue weighted by Crippen LogP contribution is -2.22. The van der Waals surface area contributed by atoms with Gasteiger partial charge in [-0.3, -0.25) is 0 Å². The van der Waals surface area contributed by atoms with E-state index in [-0.39, 0.29) is 12.2 Å². The van der Waals surface area contributed by atoms with E-state index in [0.717, 1.165) is 0 Å². The summed E-state index contributed by atoms with van der Waals surface area (Å²) >= 11 is 8.72. The molecule has 86 valence electrons. The van der Waals surface area contributed by atoms with E-state index >= 15 is 0 Å². The molecule has 0 aliphatic heterocycles. The molecule has 0 heterocycles. The molecular formula is C6H14O4S4. The molecule has 0 aliphatic rings. The largest absolute Gasteiger partial charge is 0.306 e. The highest BCUT2D eigenvalue weighted by atomic mass is 32.8. The Hall–Kier alpha value is 0.660. The monoisotopic (exact) mass is 278 g/mol. The summed E-state index contributed by atoms with van der Waals surface area (Å²) in [4.78, 5) is 0. The van der Waals surface area contributed by atoms with Gasteiger partial charge in [-0.15, -0.1) is 0 Å². The minimum absolute atomic E-state index is 0.130. The average Bonchev–Trinajstić information content (AvgIpc) is 1.93. The van der Waals surface area contributed by atoms with Crippen molar-refractivity contribution in [1.29, 1.82) is 0 Å². The van der Waals surface area contributed by atoms with Crippen molar-refractivity contribution >= 4 is 39.9 Å². The number of hydrogen-bond donors (Lipinski definition) is 2. The Labute approximate surface area is 94.5 Å². The summed E-state index contributed by atoms with van der Waals surface area (Å²) in [6.07, 6.45) is 1.32. The molecule has 0 bridgehead atoms. The second kappa shape index (κ2) is 5.66. The standard InChI is InChI=1S/C6H14O4S4/c1-2-3-6(14(9,10)12)4-5-13(7,8)11/h6H,2-5H2,1H3,(H,7,8,11)(H,9,10,12). The molecule has 8 heteroatoms. The summed E-state index contributed by atoms with van der Waals surface area (Å²) in [6, 6.07) is 0. The molecular weight excluding hydrogens is 264 g/mol. The third-order valence-corrected chi connectivity index (χ3v) is 5.11. The minimum atomic E-state index is -3.30. The van der Waals surface area contributed by atoms with Crippen LogP contribution in [0.4, 0.5) is 0 Å². The van der Waals surface area contributed by atoms with E-state index in [4.69, 9.17) is 9.11 Å². The first-order chi connectivity index (χ1) is 6.17. The van der Waals surface area contributed by atoms with E-state index in [1.54, 1.807) is 0 Å². The van der Waals surface area contributed by atoms with Crippen LogP contribution in [0.1, 0.15) is 26.2 Å². The van der Waals surface area contributed by atoms with Gasteiger partial charge < -0.3 is 9.11 Å². The summed E-state index contributed by atoms with van der Waals surface area (Å²) in [5.41, 5.74) is 0. The third-order valence-electron chi connectivity index (χ3n) is 1.73. The maximum absolute atomic E-state index is 11.2. The molecule has 0 aromatic rings. The molecule has 0 saturated heterocycles. The van der Waals surface area contributed by atoms with Gasteiger partial charge in [0.1, 0.15) is 17.5 Å². The zero-order valence-corrected chi connectivity index (χ0v) is 11.0. The SMILES string of the molecule is CCCC(CCS(=O)(O)=S)S(=O)(O)=S. The predicted octanol–water partition coefficient (Wildman–Crippen LogP) is 0.984. The highest BCUT2D eigenvalue weighted by Gasteiger charge is 2.19. The first-order valence-electron chi connectivity index (χ1n) is 4.08. The average molecular weight is 278 g/mol. The van der Waals surface area contributed by atoms with Gasteiger partial charge in [-0.1, -0.05) is 13.3 Å². The summed E-state index contributed by atoms with van der Waals surface area (Å²) in [7, 11) is -6.55. The molecule has 3 atom stereocenters. The van der Waals surface area contributed by atoms with Crippen LogP contribution in [0.15, 0.2) is 0 Å². The van der Waals surface area contributed by atoms with Crippen molar-refractivity contribution in [1.82, 2.24) is 0 Å². The second-order valence-electron chi connectivity index (χ2n) is 3.00. The minimum Gasteiger partial charge on any atom is -0.306 e. The summed E-state index contributed by atoms with van der Waals surface area (Å²) in [5, 5.41) is -0.613. The van der Waals surface area contributed by atoms with Gasteiger partial charge in [0, 0.05) is 22.4 Å². The van der Waals surface area contributed by atoms with Crippen molar-refractivity contribution in [2.75, 3.05) is 5.75 Å². The zero-order chi connectivity index (χ0) is 11.4. The fraction of sp³-hybridized carbons (Fsp3) is 1.00. The Balaban J connectivity index is 4.41. The molecule has 3 unspecified atom stereocenters. The van der Waals surface area contributed by atoms with E-state index in [0.29, 0.717) is 12.8 Å². The highest BCUT2D eigenvalue weighted by molar-refractivity contribution is 8.30. The van der Waals surface area contributed by atoms with E-state index in [1.165, 1.54) is 0 Å². The van der Waals surface area contributed by atoms with Crippen LogP contribution in [0.25, 0.3) is 0 Å². The first-order valence-corrected chi connectivity index (χ1v) is 9.19. The van der Waals surface area contributed by atoms with Gasteiger partial charge in [0.15, 0.2) is 0 Å². The molecule has 0 fully saturated rings. The summed E-state index contributed by atoms with van der Waals surface area (Å²) < 4.78 is 39.9. The maximum atomic E-state index is 11.2. The molecule has 0 radical (unpaired) electrons. The molecule has 0 aromatic heterocycles. The van der Waals surface area contributed by atoms with Crippen molar-refractivity contribution in [2.24, 2.45) is 0 Å². The van der Waals surface area contributed by atoms with Crippen molar-refractivity contribution in [3.63, 3.8) is 0 Å². The quantitative estimate of drug-likeness (QED) is 0.754.